The van der Waals surface area contributed by atoms with Gasteiger partial charge in [-0.25, -0.2) is 8.78 Å². The molecule has 0 unspecified atom stereocenters. The van der Waals surface area contributed by atoms with E-state index in [0.29, 0.717) is 22.6 Å². The molecule has 0 saturated heterocycles. The summed E-state index contributed by atoms with van der Waals surface area (Å²) < 4.78 is 39.2. The molecule has 1 heterocycles. The largest absolute Gasteiger partial charge is 0.489 e. The Labute approximate surface area is 192 Å². The van der Waals surface area contributed by atoms with E-state index in [4.69, 9.17) is 9.47 Å². The number of benzene rings is 3. The topological polar surface area (TPSA) is 38.8 Å². The van der Waals surface area contributed by atoms with Gasteiger partial charge < -0.3 is 14.4 Å². The Bertz CT molecular complexity index is 1190. The Morgan fingerprint density at radius 3 is 2.30 bits per heavy atom. The highest BCUT2D eigenvalue weighted by Gasteiger charge is 2.30. The SMILES string of the molecule is CCN(CC)c1ccc(/C=C2\Oc3cc(OCc4c(F)cccc4F)cc(C)c3C2=O)cc1. The van der Waals surface area contributed by atoms with E-state index in [1.807, 2.05) is 24.3 Å². The molecule has 3 aromatic carbocycles. The fourth-order valence-electron chi connectivity index (χ4n) is 3.91. The van der Waals surface area contributed by atoms with Crippen LogP contribution in [-0.4, -0.2) is 18.9 Å². The third-order valence-electron chi connectivity index (χ3n) is 5.71. The fraction of sp³-hybridized carbons (Fsp3) is 0.222. The number of anilines is 1. The minimum Gasteiger partial charge on any atom is -0.489 e. The van der Waals surface area contributed by atoms with Crippen molar-refractivity contribution in [2.45, 2.75) is 27.4 Å². The molecule has 170 valence electrons. The lowest BCUT2D eigenvalue weighted by Gasteiger charge is -2.20. The number of halogens is 2. The molecule has 0 bridgehead atoms. The predicted octanol–water partition coefficient (Wildman–Crippen LogP) is 6.31. The summed E-state index contributed by atoms with van der Waals surface area (Å²) in [6.45, 7) is 7.55. The summed E-state index contributed by atoms with van der Waals surface area (Å²) in [4.78, 5) is 15.2. The Morgan fingerprint density at radius 1 is 1.00 bits per heavy atom. The zero-order valence-corrected chi connectivity index (χ0v) is 18.8. The van der Waals surface area contributed by atoms with Crippen molar-refractivity contribution in [1.82, 2.24) is 0 Å². The summed E-state index contributed by atoms with van der Waals surface area (Å²) in [6, 6.07) is 14.8. The zero-order chi connectivity index (χ0) is 23.5. The predicted molar refractivity (Wildman–Crippen MR) is 125 cm³/mol. The summed E-state index contributed by atoms with van der Waals surface area (Å²) in [6.07, 6.45) is 1.71. The van der Waals surface area contributed by atoms with E-state index < -0.39 is 11.6 Å². The number of nitrogens with zero attached hydrogens (tertiary/aromatic N) is 1. The monoisotopic (exact) mass is 449 g/mol. The van der Waals surface area contributed by atoms with Crippen LogP contribution in [0.25, 0.3) is 6.08 Å². The highest BCUT2D eigenvalue weighted by atomic mass is 19.1. The lowest BCUT2D eigenvalue weighted by molar-refractivity contribution is 0.101. The third kappa shape index (κ3) is 4.60. The van der Waals surface area contributed by atoms with E-state index in [-0.39, 0.29) is 23.7 Å². The second kappa shape index (κ2) is 9.45. The van der Waals surface area contributed by atoms with Gasteiger partial charge in [0, 0.05) is 24.8 Å². The second-order valence-electron chi connectivity index (χ2n) is 7.81. The van der Waals surface area contributed by atoms with Crippen molar-refractivity contribution in [2.75, 3.05) is 18.0 Å². The van der Waals surface area contributed by atoms with Crippen LogP contribution in [0.2, 0.25) is 0 Å². The lowest BCUT2D eigenvalue weighted by Crippen LogP contribution is -2.21. The fourth-order valence-corrected chi connectivity index (χ4v) is 3.91. The molecular formula is C27H25F2NO3. The molecule has 0 saturated carbocycles. The number of ketones is 1. The lowest BCUT2D eigenvalue weighted by atomic mass is 10.0. The summed E-state index contributed by atoms with van der Waals surface area (Å²) in [7, 11) is 0. The van der Waals surface area contributed by atoms with Gasteiger partial charge in [0.05, 0.1) is 11.1 Å². The highest BCUT2D eigenvalue weighted by molar-refractivity contribution is 6.15. The molecular weight excluding hydrogens is 424 g/mol. The molecule has 0 radical (unpaired) electrons. The van der Waals surface area contributed by atoms with Crippen molar-refractivity contribution >= 4 is 17.5 Å². The van der Waals surface area contributed by atoms with Gasteiger partial charge in [0.2, 0.25) is 5.78 Å². The molecule has 1 aliphatic heterocycles. The first-order chi connectivity index (χ1) is 15.9. The van der Waals surface area contributed by atoms with Crippen LogP contribution in [0.4, 0.5) is 14.5 Å². The average molecular weight is 449 g/mol. The maximum atomic E-state index is 13.9. The molecule has 0 aromatic heterocycles. The standard InChI is InChI=1S/C27H25F2NO3/c1-4-30(5-2)19-11-9-18(10-12-19)14-25-27(31)26-17(3)13-20(15-24(26)33-25)32-16-21-22(28)7-6-8-23(21)29/h6-15H,4-5,16H2,1-3H3/b25-14-. The molecule has 3 aromatic rings. The highest BCUT2D eigenvalue weighted by Crippen LogP contribution is 2.38. The van der Waals surface area contributed by atoms with Crippen molar-refractivity contribution in [2.24, 2.45) is 0 Å². The molecule has 0 fully saturated rings. The van der Waals surface area contributed by atoms with Gasteiger partial charge in [-0.2, -0.15) is 0 Å². The molecule has 33 heavy (non-hydrogen) atoms. The maximum Gasteiger partial charge on any atom is 0.232 e. The van der Waals surface area contributed by atoms with Crippen LogP contribution in [0.15, 0.2) is 60.4 Å². The van der Waals surface area contributed by atoms with Crippen LogP contribution in [0.3, 0.4) is 0 Å². The van der Waals surface area contributed by atoms with E-state index >= 15 is 0 Å². The van der Waals surface area contributed by atoms with Gasteiger partial charge in [-0.1, -0.05) is 18.2 Å². The molecule has 4 rings (SSSR count). The number of hydrogen-bond acceptors (Lipinski definition) is 4. The molecule has 0 spiro atoms. The normalized spacial score (nSPS) is 13.7. The minimum atomic E-state index is -0.670. The molecule has 0 atom stereocenters. The average Bonchev–Trinajstić information content (AvgIpc) is 3.11. The van der Waals surface area contributed by atoms with Crippen molar-refractivity contribution in [1.29, 1.82) is 0 Å². The summed E-state index contributed by atoms with van der Waals surface area (Å²) >= 11 is 0. The quantitative estimate of drug-likeness (QED) is 0.396. The van der Waals surface area contributed by atoms with E-state index in [1.54, 1.807) is 25.1 Å². The first-order valence-electron chi connectivity index (χ1n) is 10.9. The smallest absolute Gasteiger partial charge is 0.232 e. The molecule has 0 aliphatic carbocycles. The number of aryl methyl sites for hydroxylation is 1. The summed E-state index contributed by atoms with van der Waals surface area (Å²) in [5, 5.41) is 0. The number of fused-ring (bicyclic) bond motifs is 1. The van der Waals surface area contributed by atoms with Crippen molar-refractivity contribution in [3.05, 3.63) is 94.2 Å². The van der Waals surface area contributed by atoms with Crippen LogP contribution in [0.1, 0.15) is 40.9 Å². The summed E-state index contributed by atoms with van der Waals surface area (Å²) in [5.41, 5.74) is 2.95. The number of allylic oxidation sites excluding steroid dienone is 1. The van der Waals surface area contributed by atoms with Crippen LogP contribution >= 0.6 is 0 Å². The van der Waals surface area contributed by atoms with Gasteiger partial charge in [-0.15, -0.1) is 0 Å². The minimum absolute atomic E-state index is 0.151. The van der Waals surface area contributed by atoms with Gasteiger partial charge >= 0.3 is 0 Å². The van der Waals surface area contributed by atoms with Crippen molar-refractivity contribution in [3.8, 4) is 11.5 Å². The van der Waals surface area contributed by atoms with Crippen LogP contribution < -0.4 is 14.4 Å². The van der Waals surface area contributed by atoms with Crippen molar-refractivity contribution in [3.63, 3.8) is 0 Å². The van der Waals surface area contributed by atoms with Gasteiger partial charge in [0.25, 0.3) is 0 Å². The number of carbonyl (C=O) groups is 1. The number of rotatable bonds is 7. The van der Waals surface area contributed by atoms with Crippen LogP contribution in [-0.2, 0) is 6.61 Å². The number of carbonyl (C=O) groups excluding carboxylic acids is 1. The molecule has 0 N–H and O–H groups in total. The Balaban J connectivity index is 1.53. The molecule has 6 heteroatoms. The Morgan fingerprint density at radius 2 is 1.67 bits per heavy atom. The van der Waals surface area contributed by atoms with E-state index in [0.717, 1.165) is 24.3 Å². The zero-order valence-electron chi connectivity index (χ0n) is 18.8. The molecule has 1 aliphatic rings. The Hall–Kier alpha value is -3.67. The van der Waals surface area contributed by atoms with E-state index in [2.05, 4.69) is 18.7 Å². The van der Waals surface area contributed by atoms with Gasteiger partial charge in [0.15, 0.2) is 5.76 Å². The molecule has 0 amide bonds. The summed E-state index contributed by atoms with van der Waals surface area (Å²) in [5.74, 6) is -0.586. The van der Waals surface area contributed by atoms with Crippen LogP contribution in [0, 0.1) is 18.6 Å². The second-order valence-corrected chi connectivity index (χ2v) is 7.81. The van der Waals surface area contributed by atoms with Gasteiger partial charge in [-0.05, 0) is 68.3 Å². The Kier molecular flexibility index (Phi) is 6.45. The van der Waals surface area contributed by atoms with Crippen LogP contribution in [0.5, 0.6) is 11.5 Å². The molecule has 4 nitrogen and oxygen atoms in total. The third-order valence-corrected chi connectivity index (χ3v) is 5.71. The first kappa shape index (κ1) is 22.5. The number of hydrogen-bond donors (Lipinski definition) is 0. The van der Waals surface area contributed by atoms with Gasteiger partial charge in [0.1, 0.15) is 29.7 Å². The van der Waals surface area contributed by atoms with E-state index in [1.165, 1.54) is 18.2 Å². The first-order valence-corrected chi connectivity index (χ1v) is 10.9. The van der Waals surface area contributed by atoms with Crippen molar-refractivity contribution < 1.29 is 23.0 Å². The maximum absolute atomic E-state index is 13.9. The van der Waals surface area contributed by atoms with E-state index in [9.17, 15) is 13.6 Å². The van der Waals surface area contributed by atoms with Gasteiger partial charge in [-0.3, -0.25) is 4.79 Å². The number of Topliss-reactive ketones (excluding diaryl/α,β-unsaturated/α-hetero) is 1. The number of ether oxygens (including phenoxy) is 2.